The molecule has 0 radical (unpaired) electrons. The molecule has 0 unspecified atom stereocenters. The van der Waals surface area contributed by atoms with Crippen LogP contribution in [0, 0.1) is 0 Å². The topological polar surface area (TPSA) is 45.6 Å². The van der Waals surface area contributed by atoms with Crippen LogP contribution < -0.4 is 4.90 Å². The van der Waals surface area contributed by atoms with Gasteiger partial charge in [-0.05, 0) is 35.8 Å². The lowest BCUT2D eigenvalue weighted by molar-refractivity contribution is 0.203. The van der Waals surface area contributed by atoms with Gasteiger partial charge >= 0.3 is 0 Å². The zero-order valence-electron chi connectivity index (χ0n) is 10.5. The van der Waals surface area contributed by atoms with Crippen LogP contribution in [-0.2, 0) is 11.3 Å². The van der Waals surface area contributed by atoms with E-state index in [0.29, 0.717) is 12.6 Å². The number of methoxy groups -OCH3 is 1. The minimum absolute atomic E-state index is 0.0159. The minimum atomic E-state index is -0.0159. The van der Waals surface area contributed by atoms with Crippen LogP contribution in [0.1, 0.15) is 19.4 Å². The molecule has 0 aliphatic heterocycles. The normalized spacial score (nSPS) is 10.9. The van der Waals surface area contributed by atoms with Crippen LogP contribution in [0.15, 0.2) is 16.7 Å². The highest BCUT2D eigenvalue weighted by atomic mass is 79.9. The number of hydrogen-bond donors (Lipinski definition) is 1. The fraction of sp³-hybridized carbons (Fsp3) is 0.583. The Labute approximate surface area is 111 Å². The molecule has 4 nitrogen and oxygen atoms in total. The van der Waals surface area contributed by atoms with Crippen molar-refractivity contribution in [3.8, 4) is 0 Å². The zero-order chi connectivity index (χ0) is 12.8. The molecule has 0 atom stereocenters. The van der Waals surface area contributed by atoms with E-state index in [1.54, 1.807) is 13.3 Å². The number of halogens is 1. The first kappa shape index (κ1) is 14.4. The van der Waals surface area contributed by atoms with E-state index in [-0.39, 0.29) is 6.61 Å². The smallest absolute Gasteiger partial charge is 0.134 e. The number of aliphatic hydroxyl groups is 1. The lowest BCUT2D eigenvalue weighted by Gasteiger charge is -2.29. The highest BCUT2D eigenvalue weighted by Gasteiger charge is 2.15. The molecule has 1 aromatic heterocycles. The zero-order valence-corrected chi connectivity index (χ0v) is 12.1. The Morgan fingerprint density at radius 1 is 1.53 bits per heavy atom. The van der Waals surface area contributed by atoms with Gasteiger partial charge in [0.2, 0.25) is 0 Å². The lowest BCUT2D eigenvalue weighted by Crippen LogP contribution is -2.35. The van der Waals surface area contributed by atoms with E-state index >= 15 is 0 Å². The van der Waals surface area contributed by atoms with Crippen molar-refractivity contribution in [2.75, 3.05) is 25.2 Å². The lowest BCUT2D eigenvalue weighted by atomic mass is 10.2. The molecule has 0 saturated carbocycles. The molecular formula is C12H19BrN2O2. The summed E-state index contributed by atoms with van der Waals surface area (Å²) in [6.07, 6.45) is 1.75. The van der Waals surface area contributed by atoms with Crippen molar-refractivity contribution in [3.05, 3.63) is 22.3 Å². The van der Waals surface area contributed by atoms with Crippen molar-refractivity contribution in [2.24, 2.45) is 0 Å². The Bertz CT molecular complexity index is 358. The van der Waals surface area contributed by atoms with Crippen LogP contribution in [0.3, 0.4) is 0 Å². The average molecular weight is 303 g/mol. The second kappa shape index (κ2) is 6.93. The van der Waals surface area contributed by atoms with Crippen molar-refractivity contribution in [2.45, 2.75) is 26.5 Å². The summed E-state index contributed by atoms with van der Waals surface area (Å²) in [4.78, 5) is 6.51. The molecule has 5 heteroatoms. The van der Waals surface area contributed by atoms with Crippen LogP contribution in [0.5, 0.6) is 0 Å². The number of hydrogen-bond acceptors (Lipinski definition) is 4. The molecule has 0 bridgehead atoms. The SMILES string of the molecule is COCCN(c1ncc(Br)cc1CO)C(C)C. The van der Waals surface area contributed by atoms with Crippen LogP contribution in [0.25, 0.3) is 0 Å². The molecule has 1 rings (SSSR count). The molecule has 0 amide bonds. The summed E-state index contributed by atoms with van der Waals surface area (Å²) in [6, 6.07) is 2.20. The summed E-state index contributed by atoms with van der Waals surface area (Å²) >= 11 is 3.36. The Morgan fingerprint density at radius 3 is 2.76 bits per heavy atom. The van der Waals surface area contributed by atoms with Gasteiger partial charge < -0.3 is 14.7 Å². The van der Waals surface area contributed by atoms with Crippen molar-refractivity contribution in [1.29, 1.82) is 0 Å². The first-order chi connectivity index (χ1) is 8.10. The fourth-order valence-corrected chi connectivity index (χ4v) is 2.03. The van der Waals surface area contributed by atoms with Crippen molar-refractivity contribution in [1.82, 2.24) is 4.98 Å². The standard InChI is InChI=1S/C12H19BrN2O2/c1-9(2)15(4-5-17-3)12-10(8-16)6-11(13)7-14-12/h6-7,9,16H,4-5,8H2,1-3H3. The van der Waals surface area contributed by atoms with Gasteiger partial charge in [0.05, 0.1) is 13.2 Å². The molecule has 1 N–H and O–H groups in total. The third-order valence-electron chi connectivity index (χ3n) is 2.51. The van der Waals surface area contributed by atoms with E-state index in [2.05, 4.69) is 39.7 Å². The molecule has 0 aromatic carbocycles. The summed E-state index contributed by atoms with van der Waals surface area (Å²) in [5.74, 6) is 0.822. The fourth-order valence-electron chi connectivity index (χ4n) is 1.65. The van der Waals surface area contributed by atoms with Crippen LogP contribution >= 0.6 is 15.9 Å². The number of aliphatic hydroxyl groups excluding tert-OH is 1. The number of nitrogens with zero attached hydrogens (tertiary/aromatic N) is 2. The van der Waals surface area contributed by atoms with Crippen molar-refractivity contribution in [3.63, 3.8) is 0 Å². The molecule has 96 valence electrons. The van der Waals surface area contributed by atoms with Gasteiger partial charge in [0, 0.05) is 35.9 Å². The van der Waals surface area contributed by atoms with Gasteiger partial charge in [0.25, 0.3) is 0 Å². The molecule has 0 fully saturated rings. The van der Waals surface area contributed by atoms with E-state index in [1.165, 1.54) is 0 Å². The highest BCUT2D eigenvalue weighted by Crippen LogP contribution is 2.23. The van der Waals surface area contributed by atoms with E-state index in [9.17, 15) is 5.11 Å². The minimum Gasteiger partial charge on any atom is -0.392 e. The summed E-state index contributed by atoms with van der Waals surface area (Å²) in [5.41, 5.74) is 0.823. The van der Waals surface area contributed by atoms with Crippen molar-refractivity contribution >= 4 is 21.7 Å². The average Bonchev–Trinajstić information content (AvgIpc) is 2.30. The predicted octanol–water partition coefficient (Wildman–Crippen LogP) is 2.20. The summed E-state index contributed by atoms with van der Waals surface area (Å²) in [7, 11) is 1.68. The first-order valence-corrected chi connectivity index (χ1v) is 6.40. The maximum atomic E-state index is 9.38. The third-order valence-corrected chi connectivity index (χ3v) is 2.95. The second-order valence-electron chi connectivity index (χ2n) is 4.07. The van der Waals surface area contributed by atoms with E-state index in [4.69, 9.17) is 4.74 Å². The molecule has 1 aromatic rings. The maximum absolute atomic E-state index is 9.38. The van der Waals surface area contributed by atoms with Crippen molar-refractivity contribution < 1.29 is 9.84 Å². The van der Waals surface area contributed by atoms with Gasteiger partial charge in [-0.25, -0.2) is 4.98 Å². The number of pyridine rings is 1. The Hall–Kier alpha value is -0.650. The number of ether oxygens (including phenoxy) is 1. The quantitative estimate of drug-likeness (QED) is 0.875. The van der Waals surface area contributed by atoms with Crippen LogP contribution in [-0.4, -0.2) is 36.4 Å². The Balaban J connectivity index is 3.00. The molecular weight excluding hydrogens is 284 g/mol. The molecule has 0 aliphatic rings. The van der Waals surface area contributed by atoms with Gasteiger partial charge in [-0.3, -0.25) is 0 Å². The molecule has 1 heterocycles. The Kier molecular flexibility index (Phi) is 5.88. The van der Waals surface area contributed by atoms with Gasteiger partial charge in [0.1, 0.15) is 5.82 Å². The van der Waals surface area contributed by atoms with Gasteiger partial charge in [-0.15, -0.1) is 0 Å². The van der Waals surface area contributed by atoms with Gasteiger partial charge in [0.15, 0.2) is 0 Å². The summed E-state index contributed by atoms with van der Waals surface area (Å²) in [5, 5.41) is 9.38. The largest absolute Gasteiger partial charge is 0.392 e. The molecule has 0 aliphatic carbocycles. The summed E-state index contributed by atoms with van der Waals surface area (Å²) < 4.78 is 5.98. The number of aromatic nitrogens is 1. The van der Waals surface area contributed by atoms with Gasteiger partial charge in [-0.2, -0.15) is 0 Å². The van der Waals surface area contributed by atoms with E-state index in [1.807, 2.05) is 6.07 Å². The molecule has 17 heavy (non-hydrogen) atoms. The number of rotatable bonds is 6. The highest BCUT2D eigenvalue weighted by molar-refractivity contribution is 9.10. The first-order valence-electron chi connectivity index (χ1n) is 5.61. The monoisotopic (exact) mass is 302 g/mol. The van der Waals surface area contributed by atoms with Gasteiger partial charge in [-0.1, -0.05) is 0 Å². The summed E-state index contributed by atoms with van der Waals surface area (Å²) in [6.45, 7) is 5.58. The number of anilines is 1. The van der Waals surface area contributed by atoms with Crippen LogP contribution in [0.4, 0.5) is 5.82 Å². The van der Waals surface area contributed by atoms with E-state index in [0.717, 1.165) is 22.4 Å². The Morgan fingerprint density at radius 2 is 2.24 bits per heavy atom. The maximum Gasteiger partial charge on any atom is 0.134 e. The second-order valence-corrected chi connectivity index (χ2v) is 4.99. The van der Waals surface area contributed by atoms with E-state index < -0.39 is 0 Å². The molecule has 0 spiro atoms. The molecule has 0 saturated heterocycles. The van der Waals surface area contributed by atoms with Crippen LogP contribution in [0.2, 0.25) is 0 Å². The predicted molar refractivity (Wildman–Crippen MR) is 72.2 cm³/mol. The third kappa shape index (κ3) is 3.94.